The minimum atomic E-state index is -0.0828. The number of halogens is 1. The topological polar surface area (TPSA) is 60.3 Å². The van der Waals surface area contributed by atoms with E-state index in [0.29, 0.717) is 29.5 Å². The fourth-order valence-electron chi connectivity index (χ4n) is 3.36. The van der Waals surface area contributed by atoms with Crippen molar-refractivity contribution in [1.82, 2.24) is 19.7 Å². The summed E-state index contributed by atoms with van der Waals surface area (Å²) in [6.45, 7) is 6.76. The molecule has 1 aliphatic rings. The number of benzene rings is 1. The summed E-state index contributed by atoms with van der Waals surface area (Å²) in [5.74, 6) is 0.526. The molecule has 1 saturated heterocycles. The summed E-state index contributed by atoms with van der Waals surface area (Å²) < 4.78 is 6.96. The van der Waals surface area contributed by atoms with E-state index in [1.165, 1.54) is 12.8 Å². The Balaban J connectivity index is 1.84. The second kappa shape index (κ2) is 10.7. The maximum atomic E-state index is 12.9. The number of nitrogens with zero attached hydrogens (tertiary/aromatic N) is 4. The fourth-order valence-corrected chi connectivity index (χ4v) is 3.58. The standard InChI is InChI=1S/C21H29ClN4O2/c1-2-3-4-5-10-19-21(27)26(12-11-25-13-15-28-16-14-25)24-20(23-19)17-8-6-7-9-18(17)22/h6-9H,2-5,10-16H2,1H3. The third kappa shape index (κ3) is 5.63. The highest BCUT2D eigenvalue weighted by Gasteiger charge is 2.15. The summed E-state index contributed by atoms with van der Waals surface area (Å²) in [7, 11) is 0. The Kier molecular flexibility index (Phi) is 8.01. The lowest BCUT2D eigenvalue weighted by atomic mass is 10.1. The van der Waals surface area contributed by atoms with Crippen molar-refractivity contribution in [2.75, 3.05) is 32.8 Å². The van der Waals surface area contributed by atoms with Gasteiger partial charge in [0, 0.05) is 25.2 Å². The number of aromatic nitrogens is 3. The Labute approximate surface area is 171 Å². The lowest BCUT2D eigenvalue weighted by Gasteiger charge is -2.26. The van der Waals surface area contributed by atoms with Gasteiger partial charge in [0.1, 0.15) is 5.69 Å². The first-order valence-corrected chi connectivity index (χ1v) is 10.6. The Morgan fingerprint density at radius 2 is 1.89 bits per heavy atom. The highest BCUT2D eigenvalue weighted by molar-refractivity contribution is 6.33. The molecule has 1 fully saturated rings. The van der Waals surface area contributed by atoms with Crippen LogP contribution >= 0.6 is 11.6 Å². The molecule has 2 aromatic rings. The molecule has 0 N–H and O–H groups in total. The van der Waals surface area contributed by atoms with Crippen molar-refractivity contribution in [3.63, 3.8) is 0 Å². The van der Waals surface area contributed by atoms with Crippen molar-refractivity contribution in [3.05, 3.63) is 45.3 Å². The summed E-state index contributed by atoms with van der Waals surface area (Å²) in [5, 5.41) is 5.14. The molecular weight excluding hydrogens is 376 g/mol. The Morgan fingerprint density at radius 3 is 2.64 bits per heavy atom. The van der Waals surface area contributed by atoms with Crippen molar-refractivity contribution in [1.29, 1.82) is 0 Å². The van der Waals surface area contributed by atoms with E-state index in [-0.39, 0.29) is 5.56 Å². The summed E-state index contributed by atoms with van der Waals surface area (Å²) in [6, 6.07) is 7.51. The molecule has 1 aliphatic heterocycles. The van der Waals surface area contributed by atoms with Crippen LogP contribution in [-0.2, 0) is 17.7 Å². The summed E-state index contributed by atoms with van der Waals surface area (Å²) in [6.07, 6.45) is 5.09. The molecule has 0 radical (unpaired) electrons. The van der Waals surface area contributed by atoms with Crippen LogP contribution in [0.3, 0.4) is 0 Å². The van der Waals surface area contributed by atoms with Gasteiger partial charge in [-0.25, -0.2) is 9.67 Å². The van der Waals surface area contributed by atoms with Crippen LogP contribution in [0.5, 0.6) is 0 Å². The molecule has 1 aromatic carbocycles. The molecule has 0 bridgehead atoms. The SMILES string of the molecule is CCCCCCc1nc(-c2ccccc2Cl)nn(CCN2CCOCC2)c1=O. The van der Waals surface area contributed by atoms with Gasteiger partial charge in [0.2, 0.25) is 0 Å². The molecule has 1 aromatic heterocycles. The molecule has 0 amide bonds. The molecule has 7 heteroatoms. The van der Waals surface area contributed by atoms with E-state index in [1.807, 2.05) is 24.3 Å². The highest BCUT2D eigenvalue weighted by Crippen LogP contribution is 2.24. The Morgan fingerprint density at radius 1 is 1.11 bits per heavy atom. The molecule has 28 heavy (non-hydrogen) atoms. The fraction of sp³-hybridized carbons (Fsp3) is 0.571. The van der Waals surface area contributed by atoms with Crippen LogP contribution in [0.2, 0.25) is 5.02 Å². The second-order valence-electron chi connectivity index (χ2n) is 7.15. The van der Waals surface area contributed by atoms with Crippen LogP contribution in [0.15, 0.2) is 29.1 Å². The number of hydrogen-bond acceptors (Lipinski definition) is 5. The van der Waals surface area contributed by atoms with Crippen molar-refractivity contribution in [2.45, 2.75) is 45.6 Å². The van der Waals surface area contributed by atoms with Crippen LogP contribution in [0.1, 0.15) is 38.3 Å². The first-order valence-electron chi connectivity index (χ1n) is 10.2. The monoisotopic (exact) mass is 404 g/mol. The summed E-state index contributed by atoms with van der Waals surface area (Å²) >= 11 is 6.36. The Hall–Kier alpha value is -1.76. The van der Waals surface area contributed by atoms with E-state index >= 15 is 0 Å². The zero-order valence-electron chi connectivity index (χ0n) is 16.6. The van der Waals surface area contributed by atoms with E-state index in [0.717, 1.165) is 51.3 Å². The van der Waals surface area contributed by atoms with Gasteiger partial charge in [-0.15, -0.1) is 5.10 Å². The molecule has 3 rings (SSSR count). The average Bonchev–Trinajstić information content (AvgIpc) is 2.72. The number of hydrogen-bond donors (Lipinski definition) is 0. The largest absolute Gasteiger partial charge is 0.379 e. The molecule has 0 saturated carbocycles. The minimum Gasteiger partial charge on any atom is -0.379 e. The molecule has 0 unspecified atom stereocenters. The number of rotatable bonds is 9. The van der Waals surface area contributed by atoms with Gasteiger partial charge < -0.3 is 4.74 Å². The number of ether oxygens (including phenoxy) is 1. The lowest BCUT2D eigenvalue weighted by molar-refractivity contribution is 0.0357. The quantitative estimate of drug-likeness (QED) is 0.599. The van der Waals surface area contributed by atoms with Crippen molar-refractivity contribution >= 4 is 11.6 Å². The average molecular weight is 405 g/mol. The number of aryl methyl sites for hydroxylation is 1. The predicted octanol–water partition coefficient (Wildman–Crippen LogP) is 3.41. The minimum absolute atomic E-state index is 0.0828. The summed E-state index contributed by atoms with van der Waals surface area (Å²) in [4.78, 5) is 19.8. The molecule has 6 nitrogen and oxygen atoms in total. The van der Waals surface area contributed by atoms with E-state index in [1.54, 1.807) is 4.68 Å². The van der Waals surface area contributed by atoms with E-state index < -0.39 is 0 Å². The molecule has 152 valence electrons. The van der Waals surface area contributed by atoms with Gasteiger partial charge >= 0.3 is 0 Å². The van der Waals surface area contributed by atoms with Gasteiger partial charge in [-0.3, -0.25) is 9.69 Å². The first-order chi connectivity index (χ1) is 13.7. The predicted molar refractivity (Wildman–Crippen MR) is 112 cm³/mol. The van der Waals surface area contributed by atoms with Crippen LogP contribution in [0.25, 0.3) is 11.4 Å². The number of morpholine rings is 1. The zero-order valence-corrected chi connectivity index (χ0v) is 17.3. The molecular formula is C21H29ClN4O2. The maximum Gasteiger partial charge on any atom is 0.288 e. The van der Waals surface area contributed by atoms with E-state index in [9.17, 15) is 4.79 Å². The number of unbranched alkanes of at least 4 members (excludes halogenated alkanes) is 3. The van der Waals surface area contributed by atoms with Crippen molar-refractivity contribution in [2.24, 2.45) is 0 Å². The molecule has 2 heterocycles. The third-order valence-corrected chi connectivity index (χ3v) is 5.38. The highest BCUT2D eigenvalue weighted by atomic mass is 35.5. The summed E-state index contributed by atoms with van der Waals surface area (Å²) in [5.41, 5.74) is 1.27. The van der Waals surface area contributed by atoms with Crippen LogP contribution in [-0.4, -0.2) is 52.5 Å². The second-order valence-corrected chi connectivity index (χ2v) is 7.56. The normalized spacial score (nSPS) is 15.1. The van der Waals surface area contributed by atoms with Crippen LogP contribution in [0, 0.1) is 0 Å². The van der Waals surface area contributed by atoms with E-state index in [2.05, 4.69) is 21.9 Å². The maximum absolute atomic E-state index is 12.9. The van der Waals surface area contributed by atoms with Gasteiger partial charge in [0.15, 0.2) is 5.82 Å². The molecule has 0 atom stereocenters. The van der Waals surface area contributed by atoms with Crippen LogP contribution < -0.4 is 5.56 Å². The van der Waals surface area contributed by atoms with Crippen molar-refractivity contribution in [3.8, 4) is 11.4 Å². The van der Waals surface area contributed by atoms with Gasteiger partial charge in [0.25, 0.3) is 5.56 Å². The van der Waals surface area contributed by atoms with Crippen molar-refractivity contribution < 1.29 is 4.74 Å². The third-order valence-electron chi connectivity index (χ3n) is 5.05. The molecule has 0 aliphatic carbocycles. The Bertz CT molecular complexity index is 818. The first kappa shape index (κ1) is 21.0. The van der Waals surface area contributed by atoms with E-state index in [4.69, 9.17) is 16.3 Å². The van der Waals surface area contributed by atoms with Gasteiger partial charge in [-0.05, 0) is 25.0 Å². The lowest BCUT2D eigenvalue weighted by Crippen LogP contribution is -2.40. The zero-order chi connectivity index (χ0) is 19.8. The molecule has 0 spiro atoms. The van der Waals surface area contributed by atoms with Gasteiger partial charge in [-0.1, -0.05) is 49.9 Å². The van der Waals surface area contributed by atoms with Gasteiger partial charge in [0.05, 0.1) is 24.8 Å². The smallest absolute Gasteiger partial charge is 0.288 e. The van der Waals surface area contributed by atoms with Crippen LogP contribution in [0.4, 0.5) is 0 Å². The van der Waals surface area contributed by atoms with Gasteiger partial charge in [-0.2, -0.15) is 0 Å².